The molecule has 0 radical (unpaired) electrons. The molecule has 1 aromatic carbocycles. The van der Waals surface area contributed by atoms with Crippen LogP contribution in [0.2, 0.25) is 10.0 Å². The topological polar surface area (TPSA) is 46.3 Å². The third-order valence-electron chi connectivity index (χ3n) is 3.11. The Kier molecular flexibility index (Phi) is 6.80. The van der Waals surface area contributed by atoms with Gasteiger partial charge in [0.25, 0.3) is 0 Å². The molecule has 1 amide bonds. The van der Waals surface area contributed by atoms with Gasteiger partial charge in [-0.1, -0.05) is 37.0 Å². The van der Waals surface area contributed by atoms with E-state index in [4.69, 9.17) is 28.9 Å². The van der Waals surface area contributed by atoms with E-state index in [1.165, 1.54) is 0 Å². The molecule has 3 nitrogen and oxygen atoms in total. The first-order valence-corrected chi connectivity index (χ1v) is 7.49. The van der Waals surface area contributed by atoms with Crippen LogP contribution in [-0.2, 0) is 11.3 Å². The van der Waals surface area contributed by atoms with Crippen LogP contribution in [0.5, 0.6) is 0 Å². The van der Waals surface area contributed by atoms with Crippen molar-refractivity contribution in [2.75, 3.05) is 13.6 Å². The number of nitrogens with two attached hydrogens (primary N) is 1. The minimum Gasteiger partial charge on any atom is -0.341 e. The molecule has 0 aromatic heterocycles. The van der Waals surface area contributed by atoms with Gasteiger partial charge < -0.3 is 10.6 Å². The van der Waals surface area contributed by atoms with E-state index in [0.29, 0.717) is 29.1 Å². The van der Waals surface area contributed by atoms with Gasteiger partial charge >= 0.3 is 0 Å². The molecule has 0 aliphatic rings. The largest absolute Gasteiger partial charge is 0.341 e. The molecular weight excluding hydrogens is 295 g/mol. The lowest BCUT2D eigenvalue weighted by molar-refractivity contribution is -0.134. The molecule has 20 heavy (non-hydrogen) atoms. The summed E-state index contributed by atoms with van der Waals surface area (Å²) in [6, 6.07) is 5.31. The summed E-state index contributed by atoms with van der Waals surface area (Å²) < 4.78 is 0. The van der Waals surface area contributed by atoms with Gasteiger partial charge in [0.15, 0.2) is 0 Å². The second kappa shape index (κ2) is 7.87. The smallest absolute Gasteiger partial charge is 0.227 e. The predicted octanol–water partition coefficient (Wildman–Crippen LogP) is 3.57. The van der Waals surface area contributed by atoms with Crippen molar-refractivity contribution in [3.05, 3.63) is 33.8 Å². The maximum atomic E-state index is 12.4. The molecule has 2 N–H and O–H groups in total. The van der Waals surface area contributed by atoms with Gasteiger partial charge in [-0.15, -0.1) is 0 Å². The maximum Gasteiger partial charge on any atom is 0.227 e. The number of halogens is 2. The Hall–Kier alpha value is -0.770. The highest BCUT2D eigenvalue weighted by atomic mass is 35.5. The lowest BCUT2D eigenvalue weighted by Gasteiger charge is -2.24. The van der Waals surface area contributed by atoms with Gasteiger partial charge in [0.1, 0.15) is 0 Å². The summed E-state index contributed by atoms with van der Waals surface area (Å²) in [6.45, 7) is 5.03. The minimum atomic E-state index is -0.130. The predicted molar refractivity (Wildman–Crippen MR) is 84.9 cm³/mol. The third-order valence-corrected chi connectivity index (χ3v) is 3.54. The Morgan fingerprint density at radius 2 is 1.80 bits per heavy atom. The Bertz CT molecular complexity index is 443. The summed E-state index contributed by atoms with van der Waals surface area (Å²) in [5, 5.41) is 1.15. The van der Waals surface area contributed by atoms with Crippen LogP contribution in [0.4, 0.5) is 0 Å². The van der Waals surface area contributed by atoms with E-state index in [1.807, 2.05) is 12.1 Å². The molecule has 112 valence electrons. The molecule has 0 bridgehead atoms. The van der Waals surface area contributed by atoms with Crippen LogP contribution in [0.15, 0.2) is 18.2 Å². The van der Waals surface area contributed by atoms with Crippen LogP contribution < -0.4 is 5.73 Å². The first kappa shape index (κ1) is 17.3. The molecule has 1 rings (SSSR count). The van der Waals surface area contributed by atoms with E-state index in [2.05, 4.69) is 13.8 Å². The first-order chi connectivity index (χ1) is 9.33. The van der Waals surface area contributed by atoms with Gasteiger partial charge in [0, 0.05) is 30.2 Å². The van der Waals surface area contributed by atoms with Gasteiger partial charge in [-0.3, -0.25) is 4.79 Å². The van der Waals surface area contributed by atoms with Crippen LogP contribution in [0, 0.1) is 11.8 Å². The second-order valence-corrected chi connectivity index (χ2v) is 6.41. The number of rotatable bonds is 6. The van der Waals surface area contributed by atoms with Crippen molar-refractivity contribution in [3.63, 3.8) is 0 Å². The van der Waals surface area contributed by atoms with Gasteiger partial charge in [-0.2, -0.15) is 0 Å². The Labute approximate surface area is 131 Å². The zero-order valence-electron chi connectivity index (χ0n) is 12.2. The van der Waals surface area contributed by atoms with E-state index < -0.39 is 0 Å². The van der Waals surface area contributed by atoms with Crippen molar-refractivity contribution < 1.29 is 4.79 Å². The number of nitrogens with zero attached hydrogens (tertiary/aromatic N) is 1. The summed E-state index contributed by atoms with van der Waals surface area (Å²) >= 11 is 11.9. The van der Waals surface area contributed by atoms with Gasteiger partial charge in [-0.05, 0) is 36.1 Å². The van der Waals surface area contributed by atoms with Crippen molar-refractivity contribution in [1.29, 1.82) is 0 Å². The van der Waals surface area contributed by atoms with Crippen molar-refractivity contribution in [3.8, 4) is 0 Å². The van der Waals surface area contributed by atoms with Crippen molar-refractivity contribution in [2.24, 2.45) is 17.6 Å². The van der Waals surface area contributed by atoms with Crippen LogP contribution >= 0.6 is 23.2 Å². The lowest BCUT2D eigenvalue weighted by Crippen LogP contribution is -2.37. The molecule has 0 saturated heterocycles. The summed E-state index contributed by atoms with van der Waals surface area (Å²) in [5.41, 5.74) is 6.63. The van der Waals surface area contributed by atoms with Crippen molar-refractivity contribution in [1.82, 2.24) is 4.90 Å². The average Bonchev–Trinajstić information content (AvgIpc) is 2.33. The van der Waals surface area contributed by atoms with E-state index in [9.17, 15) is 4.79 Å². The highest BCUT2D eigenvalue weighted by Crippen LogP contribution is 2.21. The van der Waals surface area contributed by atoms with Gasteiger partial charge in [0.2, 0.25) is 5.91 Å². The maximum absolute atomic E-state index is 12.4. The molecule has 0 fully saturated rings. The molecule has 1 atom stereocenters. The molecule has 0 spiro atoms. The fourth-order valence-corrected chi connectivity index (χ4v) is 2.80. The Morgan fingerprint density at radius 3 is 2.25 bits per heavy atom. The van der Waals surface area contributed by atoms with Gasteiger partial charge in [-0.25, -0.2) is 0 Å². The van der Waals surface area contributed by atoms with E-state index in [0.717, 1.165) is 12.0 Å². The number of benzene rings is 1. The molecule has 5 heteroatoms. The van der Waals surface area contributed by atoms with Crippen LogP contribution in [-0.4, -0.2) is 24.4 Å². The summed E-state index contributed by atoms with van der Waals surface area (Å²) in [6.07, 6.45) is 0.802. The molecule has 1 unspecified atom stereocenters. The van der Waals surface area contributed by atoms with Crippen molar-refractivity contribution in [2.45, 2.75) is 26.8 Å². The molecule has 0 aliphatic heterocycles. The first-order valence-electron chi connectivity index (χ1n) is 6.73. The van der Waals surface area contributed by atoms with E-state index in [1.54, 1.807) is 18.0 Å². The van der Waals surface area contributed by atoms with E-state index in [-0.39, 0.29) is 11.8 Å². The zero-order valence-corrected chi connectivity index (χ0v) is 13.7. The lowest BCUT2D eigenvalue weighted by atomic mass is 9.96. The zero-order chi connectivity index (χ0) is 15.3. The standard InChI is InChI=1S/C15H22Cl2N2O/c1-10(2)4-12(8-18)15(20)19(3)9-11-5-13(16)7-14(17)6-11/h5-7,10,12H,4,8-9,18H2,1-3H3. The van der Waals surface area contributed by atoms with Gasteiger partial charge in [0.05, 0.1) is 5.92 Å². The Morgan fingerprint density at radius 1 is 1.25 bits per heavy atom. The second-order valence-electron chi connectivity index (χ2n) is 5.53. The summed E-state index contributed by atoms with van der Waals surface area (Å²) in [5.74, 6) is 0.383. The highest BCUT2D eigenvalue weighted by Gasteiger charge is 2.21. The van der Waals surface area contributed by atoms with Crippen LogP contribution in [0.3, 0.4) is 0 Å². The normalized spacial score (nSPS) is 12.6. The average molecular weight is 317 g/mol. The number of carbonyl (C=O) groups is 1. The summed E-state index contributed by atoms with van der Waals surface area (Å²) in [4.78, 5) is 14.0. The number of hydrogen-bond donors (Lipinski definition) is 1. The van der Waals surface area contributed by atoms with Crippen molar-refractivity contribution >= 4 is 29.1 Å². The monoisotopic (exact) mass is 316 g/mol. The summed E-state index contributed by atoms with van der Waals surface area (Å²) in [7, 11) is 1.78. The number of carbonyl (C=O) groups excluding carboxylic acids is 1. The molecule has 1 aromatic rings. The quantitative estimate of drug-likeness (QED) is 0.872. The minimum absolute atomic E-state index is 0.0669. The SMILES string of the molecule is CC(C)CC(CN)C(=O)N(C)Cc1cc(Cl)cc(Cl)c1. The third kappa shape index (κ3) is 5.31. The fourth-order valence-electron chi connectivity index (χ4n) is 2.23. The van der Waals surface area contributed by atoms with Crippen LogP contribution in [0.25, 0.3) is 0 Å². The molecule has 0 saturated carbocycles. The van der Waals surface area contributed by atoms with Crippen LogP contribution in [0.1, 0.15) is 25.8 Å². The molecule has 0 aliphatic carbocycles. The molecular formula is C15H22Cl2N2O. The highest BCUT2D eigenvalue weighted by molar-refractivity contribution is 6.34. The van der Waals surface area contributed by atoms with E-state index >= 15 is 0 Å². The molecule has 0 heterocycles. The number of hydrogen-bond acceptors (Lipinski definition) is 2. The fraction of sp³-hybridized carbons (Fsp3) is 0.533. The Balaban J connectivity index is 2.73. The number of amides is 1.